The van der Waals surface area contributed by atoms with Crippen LogP contribution in [0.4, 0.5) is 4.39 Å². The monoisotopic (exact) mass is 290 g/mol. The molecule has 1 saturated carbocycles. The number of benzene rings is 2. The predicted octanol–water partition coefficient (Wildman–Crippen LogP) is 4.86. The van der Waals surface area contributed by atoms with E-state index in [0.717, 1.165) is 16.5 Å². The maximum absolute atomic E-state index is 13.2. The van der Waals surface area contributed by atoms with E-state index in [1.165, 1.54) is 11.6 Å². The van der Waals surface area contributed by atoms with Crippen LogP contribution in [0.25, 0.3) is 0 Å². The summed E-state index contributed by atoms with van der Waals surface area (Å²) in [6.45, 7) is 0. The Morgan fingerprint density at radius 2 is 1.82 bits per heavy atom. The van der Waals surface area contributed by atoms with E-state index < -0.39 is 0 Å². The fourth-order valence-electron chi connectivity index (χ4n) is 2.42. The molecule has 0 aliphatic heterocycles. The van der Waals surface area contributed by atoms with Crippen molar-refractivity contribution in [2.45, 2.75) is 18.3 Å². The molecule has 1 fully saturated rings. The number of hydrogen-bond donors (Lipinski definition) is 0. The molecule has 0 spiro atoms. The molecule has 1 aliphatic rings. The zero-order valence-corrected chi connectivity index (χ0v) is 10.8. The molecule has 0 unspecified atom stereocenters. The quantitative estimate of drug-likeness (QED) is 0.741. The second-order valence-electron chi connectivity index (χ2n) is 4.53. The van der Waals surface area contributed by atoms with Crippen LogP contribution in [0.15, 0.2) is 53.0 Å². The Morgan fingerprint density at radius 1 is 1.00 bits per heavy atom. The van der Waals surface area contributed by atoms with Crippen molar-refractivity contribution < 1.29 is 4.39 Å². The summed E-state index contributed by atoms with van der Waals surface area (Å²) in [6.07, 6.45) is 1.12. The molecule has 0 saturated heterocycles. The largest absolute Gasteiger partial charge is 0.207 e. The zero-order valence-electron chi connectivity index (χ0n) is 9.24. The molecule has 0 nitrogen and oxygen atoms in total. The summed E-state index contributed by atoms with van der Waals surface area (Å²) >= 11 is 3.58. The van der Waals surface area contributed by atoms with Gasteiger partial charge in [-0.2, -0.15) is 0 Å². The third kappa shape index (κ3) is 2.14. The van der Waals surface area contributed by atoms with Crippen LogP contribution in [0.2, 0.25) is 0 Å². The lowest BCUT2D eigenvalue weighted by Crippen LogP contribution is -1.86. The molecular formula is C15H12BrF. The summed E-state index contributed by atoms with van der Waals surface area (Å²) in [6, 6.07) is 15.3. The van der Waals surface area contributed by atoms with Gasteiger partial charge in [0.15, 0.2) is 0 Å². The molecule has 0 N–H and O–H groups in total. The van der Waals surface area contributed by atoms with E-state index >= 15 is 0 Å². The molecule has 0 heterocycles. The molecule has 2 aromatic rings. The van der Waals surface area contributed by atoms with Crippen molar-refractivity contribution in [1.82, 2.24) is 0 Å². The van der Waals surface area contributed by atoms with Crippen molar-refractivity contribution in [1.29, 1.82) is 0 Å². The first-order valence-corrected chi connectivity index (χ1v) is 6.55. The molecule has 86 valence electrons. The second-order valence-corrected chi connectivity index (χ2v) is 5.38. The highest BCUT2D eigenvalue weighted by molar-refractivity contribution is 9.10. The van der Waals surface area contributed by atoms with E-state index in [0.29, 0.717) is 11.8 Å². The predicted molar refractivity (Wildman–Crippen MR) is 70.6 cm³/mol. The van der Waals surface area contributed by atoms with Crippen LogP contribution in [0.5, 0.6) is 0 Å². The Hall–Kier alpha value is -1.15. The van der Waals surface area contributed by atoms with Crippen molar-refractivity contribution in [3.05, 3.63) is 69.9 Å². The molecule has 0 amide bonds. The number of rotatable bonds is 2. The van der Waals surface area contributed by atoms with Gasteiger partial charge in [-0.25, -0.2) is 4.39 Å². The first kappa shape index (κ1) is 11.0. The minimum Gasteiger partial charge on any atom is -0.207 e. The SMILES string of the molecule is Fc1cccc([C@@H]2C[C@H]2c2ccccc2Br)c1. The van der Waals surface area contributed by atoms with Crippen molar-refractivity contribution >= 4 is 15.9 Å². The fourth-order valence-corrected chi connectivity index (χ4v) is 3.00. The van der Waals surface area contributed by atoms with E-state index in [1.54, 1.807) is 12.1 Å². The summed E-state index contributed by atoms with van der Waals surface area (Å²) in [5.74, 6) is 0.872. The fraction of sp³-hybridized carbons (Fsp3) is 0.200. The van der Waals surface area contributed by atoms with Crippen LogP contribution in [0.3, 0.4) is 0 Å². The van der Waals surface area contributed by atoms with E-state index in [1.807, 2.05) is 12.1 Å². The lowest BCUT2D eigenvalue weighted by atomic mass is 10.0. The van der Waals surface area contributed by atoms with Gasteiger partial charge in [0.2, 0.25) is 0 Å². The molecule has 2 aromatic carbocycles. The third-order valence-electron chi connectivity index (χ3n) is 3.37. The van der Waals surface area contributed by atoms with Crippen molar-refractivity contribution in [3.8, 4) is 0 Å². The van der Waals surface area contributed by atoms with Crippen LogP contribution < -0.4 is 0 Å². The maximum atomic E-state index is 13.2. The molecule has 0 radical (unpaired) electrons. The van der Waals surface area contributed by atoms with Gasteiger partial charge in [-0.3, -0.25) is 0 Å². The van der Waals surface area contributed by atoms with Crippen LogP contribution in [-0.2, 0) is 0 Å². The van der Waals surface area contributed by atoms with Gasteiger partial charge in [0, 0.05) is 4.47 Å². The van der Waals surface area contributed by atoms with Crippen molar-refractivity contribution in [3.63, 3.8) is 0 Å². The van der Waals surface area contributed by atoms with Gasteiger partial charge in [-0.15, -0.1) is 0 Å². The minimum absolute atomic E-state index is 0.139. The third-order valence-corrected chi connectivity index (χ3v) is 4.09. The Bertz CT molecular complexity index is 550. The van der Waals surface area contributed by atoms with Gasteiger partial charge in [-0.05, 0) is 47.6 Å². The second kappa shape index (κ2) is 4.26. The number of halogens is 2. The van der Waals surface area contributed by atoms with Crippen LogP contribution in [0, 0.1) is 5.82 Å². The Morgan fingerprint density at radius 3 is 2.59 bits per heavy atom. The van der Waals surface area contributed by atoms with Gasteiger partial charge >= 0.3 is 0 Å². The first-order chi connectivity index (χ1) is 8.25. The molecule has 0 aromatic heterocycles. The Labute approximate surface area is 109 Å². The van der Waals surface area contributed by atoms with Crippen LogP contribution in [-0.4, -0.2) is 0 Å². The van der Waals surface area contributed by atoms with Gasteiger partial charge in [0.25, 0.3) is 0 Å². The highest BCUT2D eigenvalue weighted by Gasteiger charge is 2.40. The van der Waals surface area contributed by atoms with E-state index in [2.05, 4.69) is 34.1 Å². The van der Waals surface area contributed by atoms with Crippen LogP contribution in [0.1, 0.15) is 29.4 Å². The molecule has 17 heavy (non-hydrogen) atoms. The highest BCUT2D eigenvalue weighted by Crippen LogP contribution is 2.55. The Balaban J connectivity index is 1.86. The molecule has 2 atom stereocenters. The molecular weight excluding hydrogens is 279 g/mol. The standard InChI is InChI=1S/C15H12BrF/c16-15-7-2-1-6-12(15)14-9-13(14)10-4-3-5-11(17)8-10/h1-8,13-14H,9H2/t13-,14-/m0/s1. The summed E-state index contributed by atoms with van der Waals surface area (Å²) in [5, 5.41) is 0. The average Bonchev–Trinajstić information content (AvgIpc) is 3.10. The summed E-state index contributed by atoms with van der Waals surface area (Å²) < 4.78 is 14.3. The summed E-state index contributed by atoms with van der Waals surface area (Å²) in [5.41, 5.74) is 2.45. The Kier molecular flexibility index (Phi) is 2.75. The van der Waals surface area contributed by atoms with Gasteiger partial charge in [0.05, 0.1) is 0 Å². The van der Waals surface area contributed by atoms with E-state index in [-0.39, 0.29) is 5.82 Å². The summed E-state index contributed by atoms with van der Waals surface area (Å²) in [4.78, 5) is 0. The van der Waals surface area contributed by atoms with Crippen molar-refractivity contribution in [2.75, 3.05) is 0 Å². The van der Waals surface area contributed by atoms with Gasteiger partial charge in [-0.1, -0.05) is 46.3 Å². The van der Waals surface area contributed by atoms with Crippen LogP contribution >= 0.6 is 15.9 Å². The van der Waals surface area contributed by atoms with Gasteiger partial charge in [0.1, 0.15) is 5.82 Å². The minimum atomic E-state index is -0.139. The molecule has 3 rings (SSSR count). The van der Waals surface area contributed by atoms with Gasteiger partial charge < -0.3 is 0 Å². The topological polar surface area (TPSA) is 0 Å². The lowest BCUT2D eigenvalue weighted by Gasteiger charge is -2.04. The van der Waals surface area contributed by atoms with E-state index in [9.17, 15) is 4.39 Å². The lowest BCUT2D eigenvalue weighted by molar-refractivity contribution is 0.625. The highest BCUT2D eigenvalue weighted by atomic mass is 79.9. The first-order valence-electron chi connectivity index (χ1n) is 5.75. The zero-order chi connectivity index (χ0) is 11.8. The molecule has 1 aliphatic carbocycles. The summed E-state index contributed by atoms with van der Waals surface area (Å²) in [7, 11) is 0. The smallest absolute Gasteiger partial charge is 0.123 e. The number of hydrogen-bond acceptors (Lipinski definition) is 0. The molecule has 0 bridgehead atoms. The molecule has 2 heteroatoms. The average molecular weight is 291 g/mol. The maximum Gasteiger partial charge on any atom is 0.123 e. The van der Waals surface area contributed by atoms with E-state index in [4.69, 9.17) is 0 Å². The normalized spacial score (nSPS) is 22.5. The van der Waals surface area contributed by atoms with Crippen molar-refractivity contribution in [2.24, 2.45) is 0 Å².